The minimum Gasteiger partial charge on any atom is -0.489 e. The fraction of sp³-hybridized carbons (Fsp3) is 0.581. The second-order valence-electron chi connectivity index (χ2n) is 11.3. The Hall–Kier alpha value is -3.13. The number of carbonyl (C=O) groups is 2. The molecule has 1 aromatic carbocycles. The summed E-state index contributed by atoms with van der Waals surface area (Å²) in [6, 6.07) is 9.54. The Labute approximate surface area is 232 Å². The molecule has 3 heterocycles. The van der Waals surface area contributed by atoms with Crippen LogP contribution >= 0.6 is 0 Å². The molecular weight excluding hydrogens is 490 g/mol. The molecule has 3 aliphatic rings. The monoisotopic (exact) mass is 533 g/mol. The third kappa shape index (κ3) is 7.29. The molecule has 1 aromatic heterocycles. The van der Waals surface area contributed by atoms with Crippen LogP contribution in [-0.2, 0) is 11.2 Å². The molecular formula is C31H43N5O3. The maximum Gasteiger partial charge on any atom is 0.251 e. The van der Waals surface area contributed by atoms with Crippen molar-refractivity contribution < 1.29 is 14.3 Å². The zero-order valence-corrected chi connectivity index (χ0v) is 23.3. The third-order valence-corrected chi connectivity index (χ3v) is 8.48. The molecule has 39 heavy (non-hydrogen) atoms. The summed E-state index contributed by atoms with van der Waals surface area (Å²) < 4.78 is 5.86. The first-order valence-corrected chi connectivity index (χ1v) is 14.9. The predicted octanol–water partition coefficient (Wildman–Crippen LogP) is 4.65. The van der Waals surface area contributed by atoms with Gasteiger partial charge in [-0.15, -0.1) is 0 Å². The van der Waals surface area contributed by atoms with E-state index in [1.165, 1.54) is 24.8 Å². The second kappa shape index (κ2) is 13.3. The zero-order chi connectivity index (χ0) is 27.0. The number of rotatable bonds is 10. The number of unbranched alkanes of at least 4 members (excludes halogenated alkanes) is 1. The van der Waals surface area contributed by atoms with Crippen molar-refractivity contribution in [2.45, 2.75) is 70.8 Å². The van der Waals surface area contributed by atoms with Crippen LogP contribution in [0.4, 0.5) is 11.5 Å². The van der Waals surface area contributed by atoms with Gasteiger partial charge in [0.2, 0.25) is 5.91 Å². The number of ether oxygens (including phenoxy) is 1. The smallest absolute Gasteiger partial charge is 0.251 e. The molecule has 2 aliphatic heterocycles. The van der Waals surface area contributed by atoms with Crippen LogP contribution < -0.4 is 20.3 Å². The van der Waals surface area contributed by atoms with E-state index in [1.807, 2.05) is 18.3 Å². The summed E-state index contributed by atoms with van der Waals surface area (Å²) in [5.74, 6) is 2.76. The fourth-order valence-corrected chi connectivity index (χ4v) is 6.00. The first kappa shape index (κ1) is 27.4. The molecule has 2 N–H and O–H groups in total. The van der Waals surface area contributed by atoms with Crippen LogP contribution in [0.2, 0.25) is 0 Å². The topological polar surface area (TPSA) is 86.8 Å². The lowest BCUT2D eigenvalue weighted by atomic mass is 9.84. The Morgan fingerprint density at radius 1 is 1.03 bits per heavy atom. The van der Waals surface area contributed by atoms with Gasteiger partial charge in [0.25, 0.3) is 5.91 Å². The number of nitrogens with zero attached hydrogens (tertiary/aromatic N) is 3. The molecule has 0 radical (unpaired) electrons. The Morgan fingerprint density at radius 2 is 1.79 bits per heavy atom. The van der Waals surface area contributed by atoms with Crippen LogP contribution in [0.25, 0.3) is 0 Å². The van der Waals surface area contributed by atoms with Crippen molar-refractivity contribution in [3.8, 4) is 5.75 Å². The molecule has 8 heteroatoms. The van der Waals surface area contributed by atoms with Crippen LogP contribution in [0, 0.1) is 5.92 Å². The highest BCUT2D eigenvalue weighted by Gasteiger charge is 2.27. The SMILES string of the molecule is CCCCC(=O)Nc1ccc(C(=O)NC2CCC(CCN3CCN(c4nccc5c4OCC5)CC3)CC2)cc1. The van der Waals surface area contributed by atoms with Gasteiger partial charge in [-0.05, 0) is 81.3 Å². The van der Waals surface area contributed by atoms with Gasteiger partial charge in [0, 0.05) is 68.1 Å². The molecule has 0 bridgehead atoms. The second-order valence-corrected chi connectivity index (χ2v) is 11.3. The molecule has 1 saturated carbocycles. The van der Waals surface area contributed by atoms with Gasteiger partial charge in [-0.1, -0.05) is 13.3 Å². The minimum absolute atomic E-state index is 0.0236. The van der Waals surface area contributed by atoms with Gasteiger partial charge in [0.05, 0.1) is 6.61 Å². The molecule has 8 nitrogen and oxygen atoms in total. The van der Waals surface area contributed by atoms with Crippen LogP contribution in [0.3, 0.4) is 0 Å². The summed E-state index contributed by atoms with van der Waals surface area (Å²) in [7, 11) is 0. The summed E-state index contributed by atoms with van der Waals surface area (Å²) in [5.41, 5.74) is 2.67. The van der Waals surface area contributed by atoms with Gasteiger partial charge in [0.1, 0.15) is 0 Å². The van der Waals surface area contributed by atoms with Crippen LogP contribution in [0.15, 0.2) is 36.5 Å². The van der Waals surface area contributed by atoms with E-state index in [0.29, 0.717) is 12.0 Å². The number of pyridine rings is 1. The predicted molar refractivity (Wildman–Crippen MR) is 155 cm³/mol. The standard InChI is InChI=1S/C31H43N5O3/c1-2-3-4-28(37)33-26-11-7-25(8-12-26)31(38)34-27-9-5-23(6-10-27)14-17-35-18-20-36(21-19-35)30-29-24(13-16-32-30)15-22-39-29/h7-8,11-13,16,23,27H,2-6,9-10,14-15,17-22H2,1H3,(H,33,37)(H,34,38). The molecule has 210 valence electrons. The summed E-state index contributed by atoms with van der Waals surface area (Å²) in [4.78, 5) is 34.3. The molecule has 5 rings (SSSR count). The molecule has 1 saturated heterocycles. The van der Waals surface area contributed by atoms with Crippen LogP contribution in [-0.4, -0.2) is 67.1 Å². The first-order valence-electron chi connectivity index (χ1n) is 14.9. The van der Waals surface area contributed by atoms with Crippen LogP contribution in [0.5, 0.6) is 5.75 Å². The third-order valence-electron chi connectivity index (χ3n) is 8.48. The van der Waals surface area contributed by atoms with Gasteiger partial charge in [0.15, 0.2) is 11.6 Å². The quantitative estimate of drug-likeness (QED) is 0.463. The van der Waals surface area contributed by atoms with E-state index in [9.17, 15) is 9.59 Å². The number of benzene rings is 1. The minimum atomic E-state index is -0.0240. The number of fused-ring (bicyclic) bond motifs is 1. The summed E-state index contributed by atoms with van der Waals surface area (Å²) in [5, 5.41) is 6.13. The van der Waals surface area contributed by atoms with E-state index in [-0.39, 0.29) is 17.9 Å². The number of hydrogen-bond acceptors (Lipinski definition) is 6. The Balaban J connectivity index is 0.987. The lowest BCUT2D eigenvalue weighted by molar-refractivity contribution is -0.116. The maximum absolute atomic E-state index is 12.8. The summed E-state index contributed by atoms with van der Waals surface area (Å²) in [6.45, 7) is 8.12. The molecule has 2 aromatic rings. The van der Waals surface area contributed by atoms with Gasteiger partial charge in [-0.2, -0.15) is 0 Å². The molecule has 1 aliphatic carbocycles. The highest BCUT2D eigenvalue weighted by atomic mass is 16.5. The van der Waals surface area contributed by atoms with Gasteiger partial charge in [-0.25, -0.2) is 4.98 Å². The zero-order valence-electron chi connectivity index (χ0n) is 23.3. The lowest BCUT2D eigenvalue weighted by Gasteiger charge is -2.37. The summed E-state index contributed by atoms with van der Waals surface area (Å²) >= 11 is 0. The lowest BCUT2D eigenvalue weighted by Crippen LogP contribution is -2.47. The number of piperazine rings is 1. The van der Waals surface area contributed by atoms with Crippen molar-refractivity contribution in [3.05, 3.63) is 47.7 Å². The number of anilines is 2. The van der Waals surface area contributed by atoms with Gasteiger partial charge >= 0.3 is 0 Å². The Kier molecular flexibility index (Phi) is 9.35. The normalized spacial score (nSPS) is 21.2. The van der Waals surface area contributed by atoms with Crippen molar-refractivity contribution in [1.82, 2.24) is 15.2 Å². The van der Waals surface area contributed by atoms with Crippen molar-refractivity contribution >= 4 is 23.3 Å². The Bertz CT molecular complexity index is 1110. The largest absolute Gasteiger partial charge is 0.489 e. The van der Waals surface area contributed by atoms with Crippen molar-refractivity contribution in [1.29, 1.82) is 0 Å². The summed E-state index contributed by atoms with van der Waals surface area (Å²) in [6.07, 6.45) is 11.0. The van der Waals surface area contributed by atoms with Crippen LogP contribution in [0.1, 0.15) is 74.2 Å². The van der Waals surface area contributed by atoms with E-state index in [1.54, 1.807) is 12.1 Å². The van der Waals surface area contributed by atoms with Gasteiger partial charge < -0.3 is 20.3 Å². The number of aromatic nitrogens is 1. The van der Waals surface area contributed by atoms with E-state index < -0.39 is 0 Å². The molecule has 0 atom stereocenters. The average Bonchev–Trinajstić information content (AvgIpc) is 3.46. The molecule has 0 unspecified atom stereocenters. The van der Waals surface area contributed by atoms with Gasteiger partial charge in [-0.3, -0.25) is 14.5 Å². The fourth-order valence-electron chi connectivity index (χ4n) is 6.00. The molecule has 0 spiro atoms. The number of amides is 2. The van der Waals surface area contributed by atoms with Crippen molar-refractivity contribution in [3.63, 3.8) is 0 Å². The average molecular weight is 534 g/mol. The maximum atomic E-state index is 12.8. The van der Waals surface area contributed by atoms with E-state index >= 15 is 0 Å². The molecule has 2 fully saturated rings. The number of nitrogens with one attached hydrogen (secondary N) is 2. The van der Waals surface area contributed by atoms with E-state index in [4.69, 9.17) is 4.74 Å². The highest BCUT2D eigenvalue weighted by Crippen LogP contribution is 2.34. The number of carbonyl (C=O) groups excluding carboxylic acids is 2. The first-order chi connectivity index (χ1) is 19.1. The van der Waals surface area contributed by atoms with Crippen molar-refractivity contribution in [2.75, 3.05) is 49.5 Å². The number of hydrogen-bond donors (Lipinski definition) is 2. The van der Waals surface area contributed by atoms with Crippen molar-refractivity contribution in [2.24, 2.45) is 5.92 Å². The Morgan fingerprint density at radius 3 is 2.54 bits per heavy atom. The molecule has 2 amide bonds. The van der Waals surface area contributed by atoms with E-state index in [0.717, 1.165) is 94.6 Å². The highest BCUT2D eigenvalue weighted by molar-refractivity contribution is 5.96. The van der Waals surface area contributed by atoms with E-state index in [2.05, 4.69) is 38.4 Å².